The van der Waals surface area contributed by atoms with Crippen molar-refractivity contribution in [2.24, 2.45) is 0 Å². The molecule has 162 valence electrons. The SMILES string of the molecule is N#Cc1cccc(N2CCC(c3nnc4n3-c3ccc(Cl)cc3CN(C3CC3)C4)CC2)n1. The Morgan fingerprint density at radius 2 is 1.84 bits per heavy atom. The van der Waals surface area contributed by atoms with Gasteiger partial charge in [0.15, 0.2) is 5.82 Å². The highest BCUT2D eigenvalue weighted by molar-refractivity contribution is 6.30. The molecule has 8 heteroatoms. The minimum absolute atomic E-state index is 0.336. The van der Waals surface area contributed by atoms with Gasteiger partial charge >= 0.3 is 0 Å². The van der Waals surface area contributed by atoms with Crippen LogP contribution in [0.15, 0.2) is 36.4 Å². The summed E-state index contributed by atoms with van der Waals surface area (Å²) in [4.78, 5) is 9.25. The van der Waals surface area contributed by atoms with Gasteiger partial charge in [0, 0.05) is 36.6 Å². The Kier molecular flexibility index (Phi) is 4.85. The smallest absolute Gasteiger partial charge is 0.151 e. The van der Waals surface area contributed by atoms with Crippen LogP contribution in [0.2, 0.25) is 5.02 Å². The van der Waals surface area contributed by atoms with Gasteiger partial charge in [-0.05, 0) is 61.6 Å². The Balaban J connectivity index is 1.29. The maximum Gasteiger partial charge on any atom is 0.151 e. The quantitative estimate of drug-likeness (QED) is 0.605. The Hall–Kier alpha value is -2.95. The molecule has 0 atom stereocenters. The second-order valence-corrected chi connectivity index (χ2v) is 9.41. The first-order valence-electron chi connectivity index (χ1n) is 11.3. The van der Waals surface area contributed by atoms with Crippen LogP contribution >= 0.6 is 11.6 Å². The fourth-order valence-electron chi connectivity index (χ4n) is 5.04. The lowest BCUT2D eigenvalue weighted by molar-refractivity contribution is 0.243. The van der Waals surface area contributed by atoms with Gasteiger partial charge in [0.05, 0.1) is 12.2 Å². The normalized spacial score (nSPS) is 19.2. The van der Waals surface area contributed by atoms with Crippen molar-refractivity contribution in [1.82, 2.24) is 24.6 Å². The van der Waals surface area contributed by atoms with E-state index >= 15 is 0 Å². The fraction of sp³-hybridized carbons (Fsp3) is 0.417. The van der Waals surface area contributed by atoms with Gasteiger partial charge in [-0.2, -0.15) is 5.26 Å². The van der Waals surface area contributed by atoms with Crippen molar-refractivity contribution in [1.29, 1.82) is 5.26 Å². The molecule has 2 aliphatic heterocycles. The second-order valence-electron chi connectivity index (χ2n) is 8.97. The molecule has 4 heterocycles. The zero-order chi connectivity index (χ0) is 21.7. The molecule has 2 aromatic heterocycles. The van der Waals surface area contributed by atoms with E-state index in [1.165, 1.54) is 24.1 Å². The number of nitriles is 1. The molecule has 32 heavy (non-hydrogen) atoms. The van der Waals surface area contributed by atoms with Crippen LogP contribution in [-0.4, -0.2) is 43.8 Å². The number of halogens is 1. The van der Waals surface area contributed by atoms with Crippen LogP contribution in [0, 0.1) is 11.3 Å². The van der Waals surface area contributed by atoms with E-state index in [1.807, 2.05) is 18.2 Å². The van der Waals surface area contributed by atoms with Gasteiger partial charge in [-0.25, -0.2) is 4.98 Å². The van der Waals surface area contributed by atoms with Crippen molar-refractivity contribution >= 4 is 17.4 Å². The van der Waals surface area contributed by atoms with Crippen LogP contribution in [0.4, 0.5) is 5.82 Å². The van der Waals surface area contributed by atoms with Gasteiger partial charge < -0.3 is 4.90 Å². The lowest BCUT2D eigenvalue weighted by Gasteiger charge is -2.32. The molecule has 6 rings (SSSR count). The number of fused-ring (bicyclic) bond motifs is 3. The second kappa shape index (κ2) is 7.88. The summed E-state index contributed by atoms with van der Waals surface area (Å²) >= 11 is 6.37. The Labute approximate surface area is 192 Å². The summed E-state index contributed by atoms with van der Waals surface area (Å²) in [7, 11) is 0. The summed E-state index contributed by atoms with van der Waals surface area (Å²) in [5.74, 6) is 3.30. The average molecular weight is 446 g/mol. The highest BCUT2D eigenvalue weighted by Crippen LogP contribution is 2.37. The largest absolute Gasteiger partial charge is 0.357 e. The molecule has 7 nitrogen and oxygen atoms in total. The number of anilines is 1. The average Bonchev–Trinajstić information content (AvgIpc) is 3.62. The van der Waals surface area contributed by atoms with E-state index in [9.17, 15) is 0 Å². The summed E-state index contributed by atoms with van der Waals surface area (Å²) in [6.45, 7) is 3.50. The lowest BCUT2D eigenvalue weighted by Crippen LogP contribution is -2.34. The molecule has 0 amide bonds. The number of rotatable bonds is 3. The third-order valence-corrected chi connectivity index (χ3v) is 7.09. The van der Waals surface area contributed by atoms with Crippen molar-refractivity contribution in [3.63, 3.8) is 0 Å². The molecular weight excluding hydrogens is 422 g/mol. The molecule has 0 spiro atoms. The molecule has 1 saturated heterocycles. The molecule has 0 bridgehead atoms. The Morgan fingerprint density at radius 1 is 1.00 bits per heavy atom. The summed E-state index contributed by atoms with van der Waals surface area (Å²) in [5.41, 5.74) is 2.88. The summed E-state index contributed by atoms with van der Waals surface area (Å²) < 4.78 is 2.29. The fourth-order valence-corrected chi connectivity index (χ4v) is 5.24. The van der Waals surface area contributed by atoms with E-state index in [2.05, 4.69) is 42.7 Å². The third kappa shape index (κ3) is 3.54. The van der Waals surface area contributed by atoms with E-state index in [-0.39, 0.29) is 0 Å². The number of piperidine rings is 1. The maximum atomic E-state index is 9.16. The number of aromatic nitrogens is 4. The standard InChI is InChI=1S/C24H24ClN7/c25-18-4-7-21-17(12-18)14-31(20-5-6-20)15-23-28-29-24(32(21)23)16-8-10-30(11-9-16)22-3-1-2-19(13-26)27-22/h1-4,7,12,16,20H,5-6,8-11,14-15H2. The number of benzene rings is 1. The number of pyridine rings is 1. The van der Waals surface area contributed by atoms with Crippen molar-refractivity contribution in [3.05, 3.63) is 64.3 Å². The topological polar surface area (TPSA) is 73.9 Å². The monoisotopic (exact) mass is 445 g/mol. The zero-order valence-corrected chi connectivity index (χ0v) is 18.5. The Bertz CT molecular complexity index is 1200. The molecular formula is C24H24ClN7. The van der Waals surface area contributed by atoms with Crippen molar-refractivity contribution < 1.29 is 0 Å². The summed E-state index contributed by atoms with van der Waals surface area (Å²) in [6.07, 6.45) is 4.48. The molecule has 2 fully saturated rings. The minimum Gasteiger partial charge on any atom is -0.357 e. The zero-order valence-electron chi connectivity index (χ0n) is 17.8. The van der Waals surface area contributed by atoms with Crippen molar-refractivity contribution in [2.45, 2.75) is 50.7 Å². The molecule has 3 aromatic rings. The highest BCUT2D eigenvalue weighted by atomic mass is 35.5. The van der Waals surface area contributed by atoms with E-state index in [0.29, 0.717) is 17.7 Å². The van der Waals surface area contributed by atoms with Gasteiger partial charge in [0.2, 0.25) is 0 Å². The van der Waals surface area contributed by atoms with E-state index < -0.39 is 0 Å². The van der Waals surface area contributed by atoms with Crippen molar-refractivity contribution in [3.8, 4) is 11.8 Å². The van der Waals surface area contributed by atoms with E-state index in [4.69, 9.17) is 22.0 Å². The van der Waals surface area contributed by atoms with Gasteiger partial charge in [0.1, 0.15) is 23.4 Å². The van der Waals surface area contributed by atoms with Crippen LogP contribution in [0.25, 0.3) is 5.69 Å². The minimum atomic E-state index is 0.336. The molecule has 0 unspecified atom stereocenters. The maximum absolute atomic E-state index is 9.16. The number of hydrogen-bond donors (Lipinski definition) is 0. The van der Waals surface area contributed by atoms with Crippen LogP contribution in [0.3, 0.4) is 0 Å². The van der Waals surface area contributed by atoms with Crippen LogP contribution in [-0.2, 0) is 13.1 Å². The highest BCUT2D eigenvalue weighted by Gasteiger charge is 2.35. The van der Waals surface area contributed by atoms with Gasteiger partial charge in [-0.1, -0.05) is 17.7 Å². The van der Waals surface area contributed by atoms with Crippen LogP contribution < -0.4 is 4.90 Å². The molecule has 3 aliphatic rings. The van der Waals surface area contributed by atoms with E-state index in [1.54, 1.807) is 6.07 Å². The molecule has 1 aromatic carbocycles. The summed E-state index contributed by atoms with van der Waals surface area (Å²) in [6, 6.07) is 14.6. The molecule has 1 saturated carbocycles. The molecule has 0 radical (unpaired) electrons. The Morgan fingerprint density at radius 3 is 2.62 bits per heavy atom. The first-order chi connectivity index (χ1) is 15.7. The lowest BCUT2D eigenvalue weighted by atomic mass is 9.95. The predicted molar refractivity (Wildman–Crippen MR) is 122 cm³/mol. The van der Waals surface area contributed by atoms with Gasteiger partial charge in [-0.15, -0.1) is 10.2 Å². The molecule has 1 aliphatic carbocycles. The number of nitrogens with zero attached hydrogens (tertiary/aromatic N) is 7. The van der Waals surface area contributed by atoms with Crippen molar-refractivity contribution in [2.75, 3.05) is 18.0 Å². The van der Waals surface area contributed by atoms with Crippen LogP contribution in [0.1, 0.15) is 54.5 Å². The van der Waals surface area contributed by atoms with Crippen LogP contribution in [0.5, 0.6) is 0 Å². The first kappa shape index (κ1) is 19.7. The van der Waals surface area contributed by atoms with E-state index in [0.717, 1.165) is 61.5 Å². The third-order valence-electron chi connectivity index (χ3n) is 6.85. The predicted octanol–water partition coefficient (Wildman–Crippen LogP) is 4.05. The first-order valence-corrected chi connectivity index (χ1v) is 11.7. The van der Waals surface area contributed by atoms with Gasteiger partial charge in [-0.3, -0.25) is 9.47 Å². The van der Waals surface area contributed by atoms with Gasteiger partial charge in [0.25, 0.3) is 0 Å². The molecule has 0 N–H and O–H groups in total. The number of hydrogen-bond acceptors (Lipinski definition) is 6. The summed E-state index contributed by atoms with van der Waals surface area (Å²) in [5, 5.41) is 19.3.